The van der Waals surface area contributed by atoms with Crippen molar-refractivity contribution >= 4 is 0 Å². The molecule has 0 aliphatic rings. The lowest BCUT2D eigenvalue weighted by Gasteiger charge is -2.12. The third-order valence-corrected chi connectivity index (χ3v) is 2.17. The van der Waals surface area contributed by atoms with E-state index in [1.165, 1.54) is 0 Å². The Morgan fingerprint density at radius 2 is 1.94 bits per heavy atom. The van der Waals surface area contributed by atoms with Gasteiger partial charge < -0.3 is 10.1 Å². The van der Waals surface area contributed by atoms with Crippen molar-refractivity contribution in [2.45, 2.75) is 26.1 Å². The van der Waals surface area contributed by atoms with E-state index in [0.29, 0.717) is 12.6 Å². The van der Waals surface area contributed by atoms with Gasteiger partial charge in [-0.1, -0.05) is 13.8 Å². The summed E-state index contributed by atoms with van der Waals surface area (Å²) in [6.45, 7) is 4.58. The van der Waals surface area contributed by atoms with Gasteiger partial charge in [0.05, 0.1) is 5.56 Å². The van der Waals surface area contributed by atoms with Crippen LogP contribution in [0.1, 0.15) is 19.4 Å². The average Bonchev–Trinajstić information content (AvgIpc) is 2.24. The highest BCUT2D eigenvalue weighted by atomic mass is 19.4. The van der Waals surface area contributed by atoms with Crippen LogP contribution in [0, 0.1) is 5.82 Å². The Balaban J connectivity index is 2.58. The molecule has 0 bridgehead atoms. The van der Waals surface area contributed by atoms with E-state index in [4.69, 9.17) is 4.74 Å². The van der Waals surface area contributed by atoms with Crippen LogP contribution in [0.15, 0.2) is 18.2 Å². The highest BCUT2D eigenvalue weighted by Gasteiger charge is 2.31. The molecular weight excluding hydrogens is 250 g/mol. The van der Waals surface area contributed by atoms with Gasteiger partial charge in [0.25, 0.3) is 0 Å². The van der Waals surface area contributed by atoms with Crippen molar-refractivity contribution in [1.29, 1.82) is 0 Å². The molecule has 102 valence electrons. The summed E-state index contributed by atoms with van der Waals surface area (Å²) in [5.74, 6) is -1.18. The second-order valence-electron chi connectivity index (χ2n) is 4.10. The first-order valence-electron chi connectivity index (χ1n) is 5.53. The van der Waals surface area contributed by atoms with Crippen LogP contribution in [0.25, 0.3) is 0 Å². The number of halogens is 4. The highest BCUT2D eigenvalue weighted by Crippen LogP contribution is 2.31. The molecule has 18 heavy (non-hydrogen) atoms. The van der Waals surface area contributed by atoms with E-state index in [1.807, 2.05) is 13.8 Å². The smallest absolute Gasteiger partial charge is 0.416 e. The van der Waals surface area contributed by atoms with E-state index in [0.717, 1.165) is 12.1 Å². The van der Waals surface area contributed by atoms with Gasteiger partial charge in [-0.15, -0.1) is 0 Å². The number of ether oxygens (including phenoxy) is 1. The summed E-state index contributed by atoms with van der Waals surface area (Å²) in [4.78, 5) is 0. The number of benzene rings is 1. The molecule has 0 saturated heterocycles. The van der Waals surface area contributed by atoms with Crippen LogP contribution in [0.5, 0.6) is 5.75 Å². The van der Waals surface area contributed by atoms with E-state index in [9.17, 15) is 17.6 Å². The molecule has 2 nitrogen and oxygen atoms in total. The lowest BCUT2D eigenvalue weighted by molar-refractivity contribution is -0.137. The molecule has 0 amide bonds. The summed E-state index contributed by atoms with van der Waals surface area (Å²) < 4.78 is 55.2. The summed E-state index contributed by atoms with van der Waals surface area (Å²) >= 11 is 0. The molecule has 0 fully saturated rings. The maximum absolute atomic E-state index is 13.3. The molecule has 1 aromatic rings. The molecule has 1 aromatic carbocycles. The quantitative estimate of drug-likeness (QED) is 0.652. The Hall–Kier alpha value is -1.30. The standard InChI is InChI=1S/C12H15F4NO/c1-8(2)17-5-6-18-11-4-3-9(7-10(11)13)12(14,15)16/h3-4,7-8,17H,5-6H2,1-2H3. The zero-order valence-corrected chi connectivity index (χ0v) is 10.1. The lowest BCUT2D eigenvalue weighted by Crippen LogP contribution is -2.27. The minimum atomic E-state index is -4.54. The first-order valence-corrected chi connectivity index (χ1v) is 5.53. The molecule has 1 rings (SSSR count). The monoisotopic (exact) mass is 265 g/mol. The topological polar surface area (TPSA) is 21.3 Å². The Bertz CT molecular complexity index is 390. The maximum atomic E-state index is 13.3. The third kappa shape index (κ3) is 4.52. The van der Waals surface area contributed by atoms with Crippen molar-refractivity contribution in [3.05, 3.63) is 29.6 Å². The van der Waals surface area contributed by atoms with Crippen LogP contribution in [0.3, 0.4) is 0 Å². The average molecular weight is 265 g/mol. The molecule has 0 spiro atoms. The Labute approximate surface area is 103 Å². The maximum Gasteiger partial charge on any atom is 0.416 e. The van der Waals surface area contributed by atoms with Gasteiger partial charge in [-0.25, -0.2) is 4.39 Å². The molecule has 1 N–H and O–H groups in total. The van der Waals surface area contributed by atoms with Crippen molar-refractivity contribution in [1.82, 2.24) is 5.32 Å². The van der Waals surface area contributed by atoms with Crippen LogP contribution in [0.2, 0.25) is 0 Å². The van der Waals surface area contributed by atoms with Crippen molar-refractivity contribution in [3.63, 3.8) is 0 Å². The number of hydrogen-bond acceptors (Lipinski definition) is 2. The van der Waals surface area contributed by atoms with Gasteiger partial charge in [0.15, 0.2) is 11.6 Å². The molecule has 0 unspecified atom stereocenters. The van der Waals surface area contributed by atoms with Crippen LogP contribution in [-0.4, -0.2) is 19.2 Å². The molecule has 0 atom stereocenters. The number of rotatable bonds is 5. The summed E-state index contributed by atoms with van der Waals surface area (Å²) in [5.41, 5.74) is -1.02. The van der Waals surface area contributed by atoms with Gasteiger partial charge in [0.2, 0.25) is 0 Å². The fourth-order valence-electron chi connectivity index (χ4n) is 1.30. The molecular formula is C12H15F4NO. The summed E-state index contributed by atoms with van der Waals surface area (Å²) in [6, 6.07) is 2.50. The molecule has 0 radical (unpaired) electrons. The molecule has 0 aromatic heterocycles. The first-order chi connectivity index (χ1) is 8.30. The SMILES string of the molecule is CC(C)NCCOc1ccc(C(F)(F)F)cc1F. The van der Waals surface area contributed by atoms with E-state index < -0.39 is 17.6 Å². The molecule has 6 heteroatoms. The number of alkyl halides is 3. The van der Waals surface area contributed by atoms with Crippen molar-refractivity contribution in [2.75, 3.05) is 13.2 Å². The Morgan fingerprint density at radius 1 is 1.28 bits per heavy atom. The van der Waals surface area contributed by atoms with Crippen LogP contribution < -0.4 is 10.1 Å². The highest BCUT2D eigenvalue weighted by molar-refractivity contribution is 5.30. The van der Waals surface area contributed by atoms with E-state index >= 15 is 0 Å². The normalized spacial score (nSPS) is 11.9. The fraction of sp³-hybridized carbons (Fsp3) is 0.500. The molecule has 0 saturated carbocycles. The number of hydrogen-bond donors (Lipinski definition) is 1. The fourth-order valence-corrected chi connectivity index (χ4v) is 1.30. The van der Waals surface area contributed by atoms with Gasteiger partial charge >= 0.3 is 6.18 Å². The largest absolute Gasteiger partial charge is 0.489 e. The second-order valence-corrected chi connectivity index (χ2v) is 4.10. The zero-order valence-electron chi connectivity index (χ0n) is 10.1. The third-order valence-electron chi connectivity index (χ3n) is 2.17. The van der Waals surface area contributed by atoms with Gasteiger partial charge in [-0.05, 0) is 18.2 Å². The van der Waals surface area contributed by atoms with Crippen LogP contribution in [0.4, 0.5) is 17.6 Å². The second kappa shape index (κ2) is 6.04. The van der Waals surface area contributed by atoms with Gasteiger partial charge in [0.1, 0.15) is 6.61 Å². The Kier molecular flexibility index (Phi) is 4.95. The summed E-state index contributed by atoms with van der Waals surface area (Å²) in [6.07, 6.45) is -4.54. The van der Waals surface area contributed by atoms with Crippen LogP contribution >= 0.6 is 0 Å². The zero-order chi connectivity index (χ0) is 13.8. The van der Waals surface area contributed by atoms with Gasteiger partial charge in [-0.2, -0.15) is 13.2 Å². The van der Waals surface area contributed by atoms with E-state index in [1.54, 1.807) is 0 Å². The summed E-state index contributed by atoms with van der Waals surface area (Å²) in [7, 11) is 0. The predicted octanol–water partition coefficient (Wildman–Crippen LogP) is 3.22. The minimum absolute atomic E-state index is 0.173. The van der Waals surface area contributed by atoms with E-state index in [-0.39, 0.29) is 18.4 Å². The van der Waals surface area contributed by atoms with Gasteiger partial charge in [-0.3, -0.25) is 0 Å². The molecule has 0 aliphatic heterocycles. The predicted molar refractivity (Wildman–Crippen MR) is 60.0 cm³/mol. The first kappa shape index (κ1) is 14.8. The molecule has 0 aliphatic carbocycles. The van der Waals surface area contributed by atoms with Crippen molar-refractivity contribution < 1.29 is 22.3 Å². The number of nitrogens with one attached hydrogen (secondary N) is 1. The van der Waals surface area contributed by atoms with Crippen molar-refractivity contribution in [2.24, 2.45) is 0 Å². The minimum Gasteiger partial charge on any atom is -0.489 e. The molecule has 0 heterocycles. The Morgan fingerprint density at radius 3 is 2.44 bits per heavy atom. The lowest BCUT2D eigenvalue weighted by atomic mass is 10.2. The van der Waals surface area contributed by atoms with Gasteiger partial charge in [0, 0.05) is 12.6 Å². The van der Waals surface area contributed by atoms with Crippen molar-refractivity contribution in [3.8, 4) is 5.75 Å². The summed E-state index contributed by atoms with van der Waals surface area (Å²) in [5, 5.41) is 3.04. The van der Waals surface area contributed by atoms with E-state index in [2.05, 4.69) is 5.32 Å². The van der Waals surface area contributed by atoms with Crippen LogP contribution in [-0.2, 0) is 6.18 Å².